The van der Waals surface area contributed by atoms with Crippen LogP contribution in [-0.4, -0.2) is 23.9 Å². The SMILES string of the molecule is Cl.NC[C@H]1CCC[C@H]1C(=O)N1CCc2c(Br)cccc2C1. The summed E-state index contributed by atoms with van der Waals surface area (Å²) in [6.45, 7) is 2.23. The standard InChI is InChI=1S/C16H21BrN2O.ClH/c17-15-6-2-4-12-10-19(8-7-13(12)15)16(20)14-5-1-3-11(14)9-18;/h2,4,6,11,14H,1,3,5,7-10,18H2;1H/t11-,14-;/m1./s1. The predicted molar refractivity (Wildman–Crippen MR) is 90.4 cm³/mol. The Kier molecular flexibility index (Phi) is 5.69. The first kappa shape index (κ1) is 16.8. The van der Waals surface area contributed by atoms with Crippen molar-refractivity contribution in [3.8, 4) is 0 Å². The van der Waals surface area contributed by atoms with Crippen molar-refractivity contribution >= 4 is 34.2 Å². The van der Waals surface area contributed by atoms with E-state index in [9.17, 15) is 4.79 Å². The van der Waals surface area contributed by atoms with Gasteiger partial charge >= 0.3 is 0 Å². The number of rotatable bonds is 2. The van der Waals surface area contributed by atoms with Gasteiger partial charge < -0.3 is 10.6 Å². The molecule has 0 aromatic heterocycles. The van der Waals surface area contributed by atoms with Gasteiger partial charge in [-0.2, -0.15) is 0 Å². The van der Waals surface area contributed by atoms with Crippen LogP contribution in [0, 0.1) is 11.8 Å². The number of hydrogen-bond donors (Lipinski definition) is 1. The fourth-order valence-corrected chi connectivity index (χ4v) is 4.24. The molecule has 1 heterocycles. The Bertz CT molecular complexity index is 523. The molecule has 0 bridgehead atoms. The summed E-state index contributed by atoms with van der Waals surface area (Å²) in [4.78, 5) is 14.8. The van der Waals surface area contributed by atoms with Gasteiger partial charge in [-0.1, -0.05) is 34.5 Å². The summed E-state index contributed by atoms with van der Waals surface area (Å²) in [7, 11) is 0. The van der Waals surface area contributed by atoms with Crippen molar-refractivity contribution in [2.75, 3.05) is 13.1 Å². The second kappa shape index (κ2) is 7.12. The number of nitrogens with zero attached hydrogens (tertiary/aromatic N) is 1. The molecule has 2 N–H and O–H groups in total. The average molecular weight is 374 g/mol. The van der Waals surface area contributed by atoms with E-state index in [0.717, 1.165) is 38.8 Å². The molecule has 1 saturated carbocycles. The molecule has 5 heteroatoms. The number of nitrogens with two attached hydrogens (primary N) is 1. The van der Waals surface area contributed by atoms with Crippen molar-refractivity contribution in [2.45, 2.75) is 32.2 Å². The second-order valence-electron chi connectivity index (χ2n) is 5.92. The van der Waals surface area contributed by atoms with Crippen molar-refractivity contribution in [2.24, 2.45) is 17.6 Å². The van der Waals surface area contributed by atoms with Crippen molar-refractivity contribution in [1.29, 1.82) is 0 Å². The van der Waals surface area contributed by atoms with E-state index >= 15 is 0 Å². The smallest absolute Gasteiger partial charge is 0.226 e. The number of hydrogen-bond acceptors (Lipinski definition) is 2. The van der Waals surface area contributed by atoms with Gasteiger partial charge in [0.25, 0.3) is 0 Å². The van der Waals surface area contributed by atoms with Crippen LogP contribution in [0.5, 0.6) is 0 Å². The number of amides is 1. The summed E-state index contributed by atoms with van der Waals surface area (Å²) < 4.78 is 1.17. The van der Waals surface area contributed by atoms with E-state index in [1.807, 2.05) is 4.90 Å². The minimum Gasteiger partial charge on any atom is -0.338 e. The zero-order valence-corrected chi connectivity index (χ0v) is 14.5. The van der Waals surface area contributed by atoms with Gasteiger partial charge in [-0.15, -0.1) is 12.4 Å². The molecule has 0 unspecified atom stereocenters. The highest BCUT2D eigenvalue weighted by atomic mass is 79.9. The van der Waals surface area contributed by atoms with Crippen LogP contribution in [0.2, 0.25) is 0 Å². The van der Waals surface area contributed by atoms with E-state index in [-0.39, 0.29) is 18.3 Å². The number of benzene rings is 1. The van der Waals surface area contributed by atoms with Gasteiger partial charge in [-0.3, -0.25) is 4.79 Å². The summed E-state index contributed by atoms with van der Waals surface area (Å²) >= 11 is 3.61. The fourth-order valence-electron chi connectivity index (χ4n) is 3.63. The number of carbonyl (C=O) groups excluding carboxylic acids is 1. The fraction of sp³-hybridized carbons (Fsp3) is 0.562. The zero-order valence-electron chi connectivity index (χ0n) is 12.1. The maximum atomic E-state index is 12.7. The first-order valence-electron chi connectivity index (χ1n) is 7.46. The van der Waals surface area contributed by atoms with E-state index in [0.29, 0.717) is 18.4 Å². The van der Waals surface area contributed by atoms with Gasteiger partial charge in [-0.05, 0) is 48.9 Å². The van der Waals surface area contributed by atoms with Crippen molar-refractivity contribution in [3.05, 3.63) is 33.8 Å². The van der Waals surface area contributed by atoms with Gasteiger partial charge in [-0.25, -0.2) is 0 Å². The lowest BCUT2D eigenvalue weighted by atomic mass is 9.92. The molecule has 116 valence electrons. The lowest BCUT2D eigenvalue weighted by Crippen LogP contribution is -2.41. The van der Waals surface area contributed by atoms with Gasteiger partial charge in [0.2, 0.25) is 5.91 Å². The molecule has 2 atom stereocenters. The number of halogens is 2. The third kappa shape index (κ3) is 3.27. The molecule has 2 aliphatic rings. The second-order valence-corrected chi connectivity index (χ2v) is 6.77. The monoisotopic (exact) mass is 372 g/mol. The summed E-state index contributed by atoms with van der Waals surface area (Å²) in [5.41, 5.74) is 8.45. The summed E-state index contributed by atoms with van der Waals surface area (Å²) in [6, 6.07) is 6.27. The van der Waals surface area contributed by atoms with Crippen LogP contribution >= 0.6 is 28.3 Å². The van der Waals surface area contributed by atoms with Crippen LogP contribution in [0.25, 0.3) is 0 Å². The van der Waals surface area contributed by atoms with E-state index in [2.05, 4.69) is 34.1 Å². The lowest BCUT2D eigenvalue weighted by Gasteiger charge is -2.32. The molecule has 21 heavy (non-hydrogen) atoms. The highest BCUT2D eigenvalue weighted by molar-refractivity contribution is 9.10. The molecule has 3 nitrogen and oxygen atoms in total. The first-order chi connectivity index (χ1) is 9.70. The molecular weight excluding hydrogens is 352 g/mol. The average Bonchev–Trinajstić information content (AvgIpc) is 2.95. The predicted octanol–water partition coefficient (Wildman–Crippen LogP) is 3.13. The van der Waals surface area contributed by atoms with Crippen LogP contribution in [0.3, 0.4) is 0 Å². The zero-order chi connectivity index (χ0) is 14.1. The van der Waals surface area contributed by atoms with E-state index in [4.69, 9.17) is 5.73 Å². The molecule has 3 rings (SSSR count). The third-order valence-corrected chi connectivity index (χ3v) is 5.54. The highest BCUT2D eigenvalue weighted by Gasteiger charge is 2.35. The summed E-state index contributed by atoms with van der Waals surface area (Å²) in [5, 5.41) is 0. The third-order valence-electron chi connectivity index (χ3n) is 4.80. The van der Waals surface area contributed by atoms with E-state index < -0.39 is 0 Å². The lowest BCUT2D eigenvalue weighted by molar-refractivity contribution is -0.137. The molecule has 1 aromatic carbocycles. The number of fused-ring (bicyclic) bond motifs is 1. The maximum Gasteiger partial charge on any atom is 0.226 e. The Labute approximate surface area is 140 Å². The Hall–Kier alpha value is -0.580. The topological polar surface area (TPSA) is 46.3 Å². The summed E-state index contributed by atoms with van der Waals surface area (Å²) in [6.07, 6.45) is 4.22. The minimum atomic E-state index is 0. The van der Waals surface area contributed by atoms with E-state index in [1.165, 1.54) is 15.6 Å². The maximum absolute atomic E-state index is 12.7. The quantitative estimate of drug-likeness (QED) is 0.865. The van der Waals surface area contributed by atoms with Crippen LogP contribution in [-0.2, 0) is 17.8 Å². The van der Waals surface area contributed by atoms with Crippen LogP contribution in [0.4, 0.5) is 0 Å². The minimum absolute atomic E-state index is 0. The molecule has 1 fully saturated rings. The molecule has 0 spiro atoms. The number of carbonyl (C=O) groups is 1. The van der Waals surface area contributed by atoms with Crippen LogP contribution in [0.1, 0.15) is 30.4 Å². The summed E-state index contributed by atoms with van der Waals surface area (Å²) in [5.74, 6) is 0.878. The van der Waals surface area contributed by atoms with Gasteiger partial charge in [0, 0.05) is 23.5 Å². The van der Waals surface area contributed by atoms with Crippen molar-refractivity contribution in [3.63, 3.8) is 0 Å². The highest BCUT2D eigenvalue weighted by Crippen LogP contribution is 2.34. The molecule has 0 saturated heterocycles. The Balaban J connectivity index is 0.00000161. The molecule has 1 amide bonds. The van der Waals surface area contributed by atoms with Gasteiger partial charge in [0.15, 0.2) is 0 Å². The normalized spacial score (nSPS) is 24.4. The van der Waals surface area contributed by atoms with Crippen molar-refractivity contribution < 1.29 is 4.79 Å². The molecule has 1 aliphatic heterocycles. The van der Waals surface area contributed by atoms with Crippen LogP contribution < -0.4 is 5.73 Å². The first-order valence-corrected chi connectivity index (χ1v) is 8.25. The van der Waals surface area contributed by atoms with E-state index in [1.54, 1.807) is 0 Å². The molecule has 1 aliphatic carbocycles. The van der Waals surface area contributed by atoms with Gasteiger partial charge in [0.05, 0.1) is 0 Å². The Morgan fingerprint density at radius 3 is 2.95 bits per heavy atom. The molecule has 1 aromatic rings. The van der Waals surface area contributed by atoms with Crippen LogP contribution in [0.15, 0.2) is 22.7 Å². The van der Waals surface area contributed by atoms with Gasteiger partial charge in [0.1, 0.15) is 0 Å². The Morgan fingerprint density at radius 1 is 1.38 bits per heavy atom. The molecule has 0 radical (unpaired) electrons. The van der Waals surface area contributed by atoms with Crippen molar-refractivity contribution in [1.82, 2.24) is 4.90 Å². The largest absolute Gasteiger partial charge is 0.338 e. The Morgan fingerprint density at radius 2 is 2.19 bits per heavy atom. The molecular formula is C16H22BrClN2O.